The summed E-state index contributed by atoms with van der Waals surface area (Å²) in [7, 11) is 7.82. The fourth-order valence-corrected chi connectivity index (χ4v) is 3.17. The lowest BCUT2D eigenvalue weighted by Crippen LogP contribution is -2.30. The fraction of sp³-hybridized carbons (Fsp3) is 0.294. The summed E-state index contributed by atoms with van der Waals surface area (Å²) in [4.78, 5) is 17.1. The van der Waals surface area contributed by atoms with Gasteiger partial charge in [-0.2, -0.15) is 10.1 Å². The van der Waals surface area contributed by atoms with Crippen LogP contribution < -0.4 is 10.1 Å². The SMILES string of the molecule is BC(B)(B)c1nc(-c2ccc3c(c2)OC[C@H]3NC(=O)c2cc(C)nn2C)no1. The number of hydrogen-bond donors (Lipinski definition) is 1. The molecule has 0 radical (unpaired) electrons. The number of fused-ring (bicyclic) bond motifs is 1. The maximum absolute atomic E-state index is 12.6. The van der Waals surface area contributed by atoms with Crippen LogP contribution in [0.5, 0.6) is 5.75 Å². The molecule has 0 saturated carbocycles. The molecule has 3 heterocycles. The summed E-state index contributed by atoms with van der Waals surface area (Å²) in [5.41, 5.74) is 3.06. The third-order valence-corrected chi connectivity index (χ3v) is 4.66. The Labute approximate surface area is 165 Å². The van der Waals surface area contributed by atoms with E-state index < -0.39 is 0 Å². The van der Waals surface area contributed by atoms with Gasteiger partial charge in [-0.05, 0) is 24.2 Å². The van der Waals surface area contributed by atoms with Crippen molar-refractivity contribution in [2.45, 2.75) is 18.1 Å². The van der Waals surface area contributed by atoms with Crippen molar-refractivity contribution in [3.63, 3.8) is 0 Å². The van der Waals surface area contributed by atoms with Gasteiger partial charge in [-0.25, -0.2) is 0 Å². The molecule has 1 amide bonds. The number of rotatable bonds is 4. The molecule has 2 aromatic heterocycles. The lowest BCUT2D eigenvalue weighted by molar-refractivity contribution is 0.0920. The van der Waals surface area contributed by atoms with Gasteiger partial charge in [-0.1, -0.05) is 17.3 Å². The van der Waals surface area contributed by atoms with Crippen LogP contribution in [-0.4, -0.2) is 56.0 Å². The van der Waals surface area contributed by atoms with Crippen molar-refractivity contribution in [2.24, 2.45) is 7.05 Å². The number of carbonyl (C=O) groups excluding carboxylic acids is 1. The highest BCUT2D eigenvalue weighted by molar-refractivity contribution is 6.58. The van der Waals surface area contributed by atoms with Crippen molar-refractivity contribution < 1.29 is 14.1 Å². The zero-order chi connectivity index (χ0) is 20.1. The van der Waals surface area contributed by atoms with Crippen LogP contribution in [0.25, 0.3) is 11.4 Å². The maximum atomic E-state index is 12.6. The van der Waals surface area contributed by atoms with Crippen LogP contribution in [0.4, 0.5) is 0 Å². The molecule has 1 atom stereocenters. The van der Waals surface area contributed by atoms with Gasteiger partial charge in [0.2, 0.25) is 11.7 Å². The highest BCUT2D eigenvalue weighted by Crippen LogP contribution is 2.35. The number of nitrogens with zero attached hydrogens (tertiary/aromatic N) is 4. The number of carbonyl (C=O) groups is 1. The number of aryl methyl sites for hydroxylation is 2. The van der Waals surface area contributed by atoms with Crippen molar-refractivity contribution in [3.8, 4) is 17.1 Å². The average molecular weight is 375 g/mol. The Balaban J connectivity index is 1.54. The predicted octanol–water partition coefficient (Wildman–Crippen LogP) is -1.35. The molecule has 8 nitrogen and oxygen atoms in total. The Morgan fingerprint density at radius 1 is 1.32 bits per heavy atom. The minimum atomic E-state index is -0.220. The summed E-state index contributed by atoms with van der Waals surface area (Å²) in [5.74, 6) is 1.64. The first kappa shape index (κ1) is 18.4. The number of aromatic nitrogens is 4. The lowest BCUT2D eigenvalue weighted by atomic mass is 9.42. The second-order valence-corrected chi connectivity index (χ2v) is 8.06. The fourth-order valence-electron chi connectivity index (χ4n) is 3.17. The van der Waals surface area contributed by atoms with Crippen LogP contribution in [0, 0.1) is 6.92 Å². The van der Waals surface area contributed by atoms with Crippen LogP contribution in [0.2, 0.25) is 0 Å². The molecule has 0 spiro atoms. The van der Waals surface area contributed by atoms with Crippen LogP contribution in [0.3, 0.4) is 0 Å². The molecule has 1 aliphatic heterocycles. The third kappa shape index (κ3) is 3.32. The quantitative estimate of drug-likeness (QED) is 0.567. The van der Waals surface area contributed by atoms with Gasteiger partial charge >= 0.3 is 0 Å². The Hall–Kier alpha value is -2.97. The second kappa shape index (κ2) is 6.58. The predicted molar refractivity (Wildman–Crippen MR) is 111 cm³/mol. The van der Waals surface area contributed by atoms with E-state index in [2.05, 4.69) is 20.6 Å². The van der Waals surface area contributed by atoms with Crippen molar-refractivity contribution in [3.05, 3.63) is 47.1 Å². The molecule has 0 unspecified atom stereocenters. The number of nitrogens with one attached hydrogen (secondary N) is 1. The molecule has 0 aliphatic carbocycles. The van der Waals surface area contributed by atoms with E-state index in [4.69, 9.17) is 9.26 Å². The number of amides is 1. The Morgan fingerprint density at radius 3 is 2.75 bits per heavy atom. The summed E-state index contributed by atoms with van der Waals surface area (Å²) in [6.45, 7) is 2.23. The molecule has 0 fully saturated rings. The lowest BCUT2D eigenvalue weighted by Gasteiger charge is -2.12. The summed E-state index contributed by atoms with van der Waals surface area (Å²) in [6.07, 6.45) is 0. The average Bonchev–Trinajstić information content (AvgIpc) is 3.33. The Bertz CT molecular complexity index is 1060. The van der Waals surface area contributed by atoms with Crippen molar-refractivity contribution in [1.82, 2.24) is 25.2 Å². The van der Waals surface area contributed by atoms with E-state index in [0.717, 1.165) is 16.8 Å². The number of hydrogen-bond acceptors (Lipinski definition) is 6. The molecule has 11 heteroatoms. The van der Waals surface area contributed by atoms with Crippen LogP contribution >= 0.6 is 0 Å². The van der Waals surface area contributed by atoms with Gasteiger partial charge in [0.05, 0.1) is 11.7 Å². The molecule has 4 rings (SSSR count). The summed E-state index contributed by atoms with van der Waals surface area (Å²) in [5, 5.41) is 11.1. The van der Waals surface area contributed by atoms with Crippen LogP contribution in [-0.2, 0) is 12.2 Å². The van der Waals surface area contributed by atoms with Gasteiger partial charge in [0, 0.05) is 18.2 Å². The molecule has 0 saturated heterocycles. The van der Waals surface area contributed by atoms with E-state index >= 15 is 0 Å². The standard InChI is InChI=1S/C17H20B3N5O3/c1-8-5-12(25(2)23-8)15(26)21-11-7-27-13-6-9(3-4-10(11)13)14-22-16(28-24-14)17(18,19)20/h3-6,11H,7,18-20H2,1-2H3,(H,21,26)/t11-/m1/s1. The van der Waals surface area contributed by atoms with Crippen LogP contribution in [0.15, 0.2) is 28.8 Å². The summed E-state index contributed by atoms with van der Waals surface area (Å²) in [6, 6.07) is 7.27. The molecule has 3 aromatic rings. The first-order valence-electron chi connectivity index (χ1n) is 9.15. The minimum Gasteiger partial charge on any atom is -0.491 e. The number of benzene rings is 1. The topological polar surface area (TPSA) is 95.1 Å². The van der Waals surface area contributed by atoms with E-state index in [1.54, 1.807) is 17.8 Å². The van der Waals surface area contributed by atoms with Gasteiger partial charge in [-0.15, -0.1) is 0 Å². The first-order chi connectivity index (χ1) is 13.2. The first-order valence-corrected chi connectivity index (χ1v) is 9.15. The van der Waals surface area contributed by atoms with Gasteiger partial charge < -0.3 is 14.6 Å². The third-order valence-electron chi connectivity index (χ3n) is 4.66. The summed E-state index contributed by atoms with van der Waals surface area (Å²) < 4.78 is 12.7. The second-order valence-electron chi connectivity index (χ2n) is 8.06. The minimum absolute atomic E-state index is 0.179. The zero-order valence-corrected chi connectivity index (χ0v) is 16.6. The molecule has 140 valence electrons. The largest absolute Gasteiger partial charge is 0.491 e. The Kier molecular flexibility index (Phi) is 4.32. The van der Waals surface area contributed by atoms with Gasteiger partial charge in [-0.3, -0.25) is 9.48 Å². The van der Waals surface area contributed by atoms with E-state index in [0.29, 0.717) is 29.8 Å². The number of ether oxygens (including phenoxy) is 1. The van der Waals surface area contributed by atoms with E-state index in [9.17, 15) is 4.79 Å². The van der Waals surface area contributed by atoms with Crippen molar-refractivity contribution >= 4 is 29.4 Å². The van der Waals surface area contributed by atoms with Gasteiger partial charge in [0.1, 0.15) is 41.6 Å². The maximum Gasteiger partial charge on any atom is 0.270 e. The molecule has 28 heavy (non-hydrogen) atoms. The van der Waals surface area contributed by atoms with E-state index in [-0.39, 0.29) is 17.1 Å². The van der Waals surface area contributed by atoms with Crippen molar-refractivity contribution in [2.75, 3.05) is 6.61 Å². The molecule has 1 N–H and O–H groups in total. The molecular weight excluding hydrogens is 355 g/mol. The monoisotopic (exact) mass is 375 g/mol. The molecular formula is C17H20B3N5O3. The summed E-state index contributed by atoms with van der Waals surface area (Å²) >= 11 is 0. The Morgan fingerprint density at radius 2 is 2.11 bits per heavy atom. The van der Waals surface area contributed by atoms with E-state index in [1.165, 1.54) is 0 Å². The van der Waals surface area contributed by atoms with Crippen LogP contribution in [0.1, 0.15) is 33.7 Å². The molecule has 0 bridgehead atoms. The normalized spacial score (nSPS) is 15.9. The van der Waals surface area contributed by atoms with Crippen molar-refractivity contribution in [1.29, 1.82) is 0 Å². The smallest absolute Gasteiger partial charge is 0.270 e. The van der Waals surface area contributed by atoms with Gasteiger partial charge in [0.25, 0.3) is 5.91 Å². The molecule has 1 aromatic carbocycles. The molecule has 1 aliphatic rings. The van der Waals surface area contributed by atoms with Gasteiger partial charge in [0.15, 0.2) is 0 Å². The van der Waals surface area contributed by atoms with E-state index in [1.807, 2.05) is 48.7 Å². The highest BCUT2D eigenvalue weighted by Gasteiger charge is 2.28. The zero-order valence-electron chi connectivity index (χ0n) is 16.6. The highest BCUT2D eigenvalue weighted by atomic mass is 16.5.